The van der Waals surface area contributed by atoms with E-state index in [0.717, 1.165) is 23.5 Å². The molecule has 0 aliphatic rings. The highest BCUT2D eigenvalue weighted by atomic mass is 32.2. The molecule has 4 heteroatoms. The number of hydrogen-bond donors (Lipinski definition) is 1. The van der Waals surface area contributed by atoms with Crippen LogP contribution in [0.2, 0.25) is 0 Å². The van der Waals surface area contributed by atoms with Crippen LogP contribution in [0, 0.1) is 0 Å². The van der Waals surface area contributed by atoms with Crippen molar-refractivity contribution in [3.05, 3.63) is 29.8 Å². The lowest BCUT2D eigenvalue weighted by Gasteiger charge is -2.15. The molecular weight excluding hydrogens is 236 g/mol. The molecule has 1 aromatic rings. The van der Waals surface area contributed by atoms with Gasteiger partial charge in [-0.15, -0.1) is 0 Å². The smallest absolute Gasteiger partial charge is 0.125 e. The summed E-state index contributed by atoms with van der Waals surface area (Å²) in [5.74, 6) is 1.69. The summed E-state index contributed by atoms with van der Waals surface area (Å²) < 4.78 is 10.5. The minimum Gasteiger partial charge on any atom is -0.491 e. The van der Waals surface area contributed by atoms with Crippen LogP contribution in [0.25, 0.3) is 0 Å². The molecule has 3 nitrogen and oxygen atoms in total. The van der Waals surface area contributed by atoms with Crippen LogP contribution in [0.15, 0.2) is 24.3 Å². The van der Waals surface area contributed by atoms with Crippen LogP contribution in [-0.2, 0) is 4.74 Å². The maximum Gasteiger partial charge on any atom is 0.125 e. The Hall–Kier alpha value is -0.710. The number of ether oxygens (including phenoxy) is 2. The van der Waals surface area contributed by atoms with E-state index in [4.69, 9.17) is 9.47 Å². The van der Waals surface area contributed by atoms with E-state index < -0.39 is 6.10 Å². The summed E-state index contributed by atoms with van der Waals surface area (Å²) in [6.45, 7) is 1.05. The Balaban J connectivity index is 2.62. The zero-order chi connectivity index (χ0) is 12.5. The Bertz CT molecular complexity index is 317. The van der Waals surface area contributed by atoms with E-state index in [1.54, 1.807) is 18.9 Å². The normalized spacial score (nSPS) is 12.4. The fourth-order valence-electron chi connectivity index (χ4n) is 1.51. The van der Waals surface area contributed by atoms with Crippen molar-refractivity contribution in [3.8, 4) is 5.75 Å². The lowest BCUT2D eigenvalue weighted by Crippen LogP contribution is -2.08. The summed E-state index contributed by atoms with van der Waals surface area (Å²) in [5, 5.41) is 10.1. The van der Waals surface area contributed by atoms with E-state index in [9.17, 15) is 5.11 Å². The Labute approximate surface area is 107 Å². The quantitative estimate of drug-likeness (QED) is 0.725. The zero-order valence-electron chi connectivity index (χ0n) is 10.4. The molecule has 0 heterocycles. The molecule has 1 aromatic carbocycles. The fourth-order valence-corrected chi connectivity index (χ4v) is 1.97. The molecule has 1 unspecified atom stereocenters. The number of methoxy groups -OCH3 is 1. The van der Waals surface area contributed by atoms with E-state index in [-0.39, 0.29) is 0 Å². The molecule has 1 N–H and O–H groups in total. The van der Waals surface area contributed by atoms with Gasteiger partial charge in [-0.2, -0.15) is 11.8 Å². The Morgan fingerprint density at radius 2 is 2.06 bits per heavy atom. The number of para-hydroxylation sites is 1. The number of rotatable bonds is 8. The molecular formula is C13H20O3S. The first kappa shape index (κ1) is 14.4. The van der Waals surface area contributed by atoms with Gasteiger partial charge in [-0.25, -0.2) is 0 Å². The molecule has 0 saturated carbocycles. The van der Waals surface area contributed by atoms with E-state index >= 15 is 0 Å². The molecule has 0 fully saturated rings. The summed E-state index contributed by atoms with van der Waals surface area (Å²) in [6, 6.07) is 7.62. The predicted octanol–water partition coefficient (Wildman–Crippen LogP) is 2.50. The van der Waals surface area contributed by atoms with Gasteiger partial charge in [-0.3, -0.25) is 0 Å². The minimum absolute atomic E-state index is 0.457. The maximum atomic E-state index is 10.1. The molecule has 1 atom stereocenters. The first-order chi connectivity index (χ1) is 8.29. The first-order valence-corrected chi connectivity index (χ1v) is 7.06. The highest BCUT2D eigenvalue weighted by Crippen LogP contribution is 2.27. The second-order valence-corrected chi connectivity index (χ2v) is 4.66. The van der Waals surface area contributed by atoms with Gasteiger partial charge in [0.05, 0.1) is 12.7 Å². The molecule has 0 bridgehead atoms. The van der Waals surface area contributed by atoms with Gasteiger partial charge in [0.15, 0.2) is 0 Å². The monoisotopic (exact) mass is 256 g/mol. The van der Waals surface area contributed by atoms with Crippen LogP contribution in [0.1, 0.15) is 18.1 Å². The van der Waals surface area contributed by atoms with E-state index in [1.807, 2.05) is 30.5 Å². The number of hydrogen-bond acceptors (Lipinski definition) is 4. The van der Waals surface area contributed by atoms with Crippen molar-refractivity contribution < 1.29 is 14.6 Å². The Morgan fingerprint density at radius 3 is 2.76 bits per heavy atom. The second-order valence-electron chi connectivity index (χ2n) is 3.68. The highest BCUT2D eigenvalue weighted by molar-refractivity contribution is 7.98. The number of benzene rings is 1. The Morgan fingerprint density at radius 1 is 1.29 bits per heavy atom. The third-order valence-corrected chi connectivity index (χ3v) is 3.06. The minimum atomic E-state index is -0.457. The molecule has 0 aliphatic carbocycles. The van der Waals surface area contributed by atoms with Crippen molar-refractivity contribution in [2.24, 2.45) is 0 Å². The summed E-state index contributed by atoms with van der Waals surface area (Å²) in [4.78, 5) is 0. The summed E-state index contributed by atoms with van der Waals surface area (Å²) in [5.41, 5.74) is 0.859. The van der Waals surface area contributed by atoms with Crippen LogP contribution in [0.4, 0.5) is 0 Å². The number of thioether (sulfide) groups is 1. The molecule has 0 aliphatic heterocycles. The van der Waals surface area contributed by atoms with Crippen LogP contribution >= 0.6 is 11.8 Å². The molecule has 96 valence electrons. The van der Waals surface area contributed by atoms with Crippen molar-refractivity contribution in [1.29, 1.82) is 0 Å². The predicted molar refractivity (Wildman–Crippen MR) is 71.8 cm³/mol. The largest absolute Gasteiger partial charge is 0.491 e. The molecule has 0 aromatic heterocycles. The van der Waals surface area contributed by atoms with E-state index in [1.165, 1.54) is 0 Å². The molecule has 0 radical (unpaired) electrons. The highest BCUT2D eigenvalue weighted by Gasteiger charge is 2.12. The van der Waals surface area contributed by atoms with Crippen LogP contribution in [-0.4, -0.2) is 37.4 Å². The van der Waals surface area contributed by atoms with E-state index in [0.29, 0.717) is 13.2 Å². The standard InChI is InChI=1S/C13H20O3S/c1-15-8-9-16-13-6-4-3-5-11(13)12(14)7-10-17-2/h3-6,12,14H,7-10H2,1-2H3. The molecule has 0 amide bonds. The average molecular weight is 256 g/mol. The third-order valence-electron chi connectivity index (χ3n) is 2.42. The summed E-state index contributed by atoms with van der Waals surface area (Å²) in [6.07, 6.45) is 2.32. The van der Waals surface area contributed by atoms with Gasteiger partial charge in [0.1, 0.15) is 12.4 Å². The first-order valence-electron chi connectivity index (χ1n) is 5.67. The SMILES string of the molecule is COCCOc1ccccc1C(O)CCSC. The molecule has 17 heavy (non-hydrogen) atoms. The summed E-state index contributed by atoms with van der Waals surface area (Å²) >= 11 is 1.73. The van der Waals surface area contributed by atoms with Gasteiger partial charge in [0.25, 0.3) is 0 Å². The van der Waals surface area contributed by atoms with Gasteiger partial charge < -0.3 is 14.6 Å². The number of aliphatic hydroxyl groups excluding tert-OH is 1. The maximum absolute atomic E-state index is 10.1. The van der Waals surface area contributed by atoms with Crippen molar-refractivity contribution in [1.82, 2.24) is 0 Å². The molecule has 0 spiro atoms. The Kier molecular flexibility index (Phi) is 7.08. The molecule has 1 rings (SSSR count). The van der Waals surface area contributed by atoms with Crippen molar-refractivity contribution >= 4 is 11.8 Å². The topological polar surface area (TPSA) is 38.7 Å². The van der Waals surface area contributed by atoms with Gasteiger partial charge in [0.2, 0.25) is 0 Å². The zero-order valence-corrected chi connectivity index (χ0v) is 11.2. The van der Waals surface area contributed by atoms with Gasteiger partial charge in [-0.05, 0) is 24.5 Å². The third kappa shape index (κ3) is 4.98. The van der Waals surface area contributed by atoms with Gasteiger partial charge in [0, 0.05) is 12.7 Å². The second kappa shape index (κ2) is 8.39. The van der Waals surface area contributed by atoms with Crippen LogP contribution in [0.3, 0.4) is 0 Å². The lowest BCUT2D eigenvalue weighted by molar-refractivity contribution is 0.138. The molecule has 0 saturated heterocycles. The van der Waals surface area contributed by atoms with Gasteiger partial charge in [-0.1, -0.05) is 18.2 Å². The average Bonchev–Trinajstić information content (AvgIpc) is 2.37. The van der Waals surface area contributed by atoms with E-state index in [2.05, 4.69) is 0 Å². The summed E-state index contributed by atoms with van der Waals surface area (Å²) in [7, 11) is 1.64. The van der Waals surface area contributed by atoms with Crippen LogP contribution in [0.5, 0.6) is 5.75 Å². The van der Waals surface area contributed by atoms with Gasteiger partial charge >= 0.3 is 0 Å². The van der Waals surface area contributed by atoms with Crippen LogP contribution < -0.4 is 4.74 Å². The van der Waals surface area contributed by atoms with Crippen molar-refractivity contribution in [2.75, 3.05) is 32.3 Å². The number of aliphatic hydroxyl groups is 1. The fraction of sp³-hybridized carbons (Fsp3) is 0.538. The van der Waals surface area contributed by atoms with Crippen molar-refractivity contribution in [2.45, 2.75) is 12.5 Å². The van der Waals surface area contributed by atoms with Crippen molar-refractivity contribution in [3.63, 3.8) is 0 Å². The lowest BCUT2D eigenvalue weighted by atomic mass is 10.1.